The number of hydrogen-bond acceptors (Lipinski definition) is 5. The van der Waals surface area contributed by atoms with Crippen LogP contribution in [0.3, 0.4) is 0 Å². The fourth-order valence-corrected chi connectivity index (χ4v) is 3.16. The van der Waals surface area contributed by atoms with Gasteiger partial charge in [-0.25, -0.2) is 4.39 Å². The minimum absolute atomic E-state index is 0.0305. The third-order valence-electron chi connectivity index (χ3n) is 4.79. The first kappa shape index (κ1) is 31.2. The van der Waals surface area contributed by atoms with E-state index in [0.29, 0.717) is 43.7 Å². The molecule has 0 fully saturated rings. The second-order valence-corrected chi connectivity index (χ2v) is 7.08. The number of aliphatic hydroxyl groups excluding tert-OH is 2. The average Bonchev–Trinajstić information content (AvgIpc) is 3.10. The Hall–Kier alpha value is -2.77. The third-order valence-corrected chi connectivity index (χ3v) is 4.79. The van der Waals surface area contributed by atoms with Gasteiger partial charge in [-0.3, -0.25) is 9.79 Å². The van der Waals surface area contributed by atoms with Crippen LogP contribution in [0.4, 0.5) is 4.39 Å². The van der Waals surface area contributed by atoms with Crippen LogP contribution in [0.15, 0.2) is 76.0 Å². The van der Waals surface area contributed by atoms with Crippen molar-refractivity contribution < 1.29 is 24.1 Å². The molecule has 0 radical (unpaired) electrons. The summed E-state index contributed by atoms with van der Waals surface area (Å²) >= 11 is 0. The number of allylic oxidation sites excluding steroid dienone is 8. The number of rotatable bonds is 9. The minimum Gasteiger partial charge on any atom is -0.509 e. The highest BCUT2D eigenvalue weighted by Crippen LogP contribution is 2.26. The molecule has 2 aliphatic rings. The van der Waals surface area contributed by atoms with Gasteiger partial charge in [-0.1, -0.05) is 52.0 Å². The molecule has 0 aromatic rings. The summed E-state index contributed by atoms with van der Waals surface area (Å²) in [6.45, 7) is 14.2. The second kappa shape index (κ2) is 18.6. The van der Waals surface area contributed by atoms with Gasteiger partial charge < -0.3 is 19.8 Å². The Morgan fingerprint density at radius 3 is 2.53 bits per heavy atom. The first-order chi connectivity index (χ1) is 16.4. The monoisotopic (exact) mass is 476 g/mol. The van der Waals surface area contributed by atoms with Crippen LogP contribution in [0.2, 0.25) is 0 Å². The van der Waals surface area contributed by atoms with Crippen molar-refractivity contribution in [3.8, 4) is 0 Å². The maximum absolute atomic E-state index is 13.3. The highest BCUT2D eigenvalue weighted by atomic mass is 19.1. The molecular formula is C27H41FN2O4. The van der Waals surface area contributed by atoms with Gasteiger partial charge in [0.2, 0.25) is 0 Å². The lowest BCUT2D eigenvalue weighted by Gasteiger charge is -2.23. The Morgan fingerprint density at radius 2 is 2.00 bits per heavy atom. The van der Waals surface area contributed by atoms with E-state index in [1.165, 1.54) is 6.08 Å². The van der Waals surface area contributed by atoms with Crippen LogP contribution < -0.4 is 0 Å². The van der Waals surface area contributed by atoms with Crippen LogP contribution >= 0.6 is 0 Å². The van der Waals surface area contributed by atoms with E-state index in [0.717, 1.165) is 12.0 Å². The summed E-state index contributed by atoms with van der Waals surface area (Å²) in [5, 5.41) is 18.3. The predicted molar refractivity (Wildman–Crippen MR) is 138 cm³/mol. The van der Waals surface area contributed by atoms with Gasteiger partial charge in [0.05, 0.1) is 5.57 Å². The molecule has 2 rings (SSSR count). The number of carbonyl (C=O) groups is 1. The van der Waals surface area contributed by atoms with E-state index in [2.05, 4.69) is 16.4 Å². The van der Waals surface area contributed by atoms with Crippen molar-refractivity contribution in [2.75, 3.05) is 19.9 Å². The molecule has 34 heavy (non-hydrogen) atoms. The molecule has 1 amide bonds. The van der Waals surface area contributed by atoms with Crippen LogP contribution in [-0.2, 0) is 9.53 Å². The van der Waals surface area contributed by atoms with Crippen molar-refractivity contribution in [3.05, 3.63) is 71.0 Å². The summed E-state index contributed by atoms with van der Waals surface area (Å²) in [7, 11) is 0. The normalized spacial score (nSPS) is 18.1. The van der Waals surface area contributed by atoms with E-state index in [9.17, 15) is 14.3 Å². The third kappa shape index (κ3) is 10.4. The van der Waals surface area contributed by atoms with Crippen molar-refractivity contribution in [3.63, 3.8) is 0 Å². The molecule has 1 heterocycles. The maximum atomic E-state index is 13.3. The summed E-state index contributed by atoms with van der Waals surface area (Å²) in [4.78, 5) is 18.5. The van der Waals surface area contributed by atoms with Crippen molar-refractivity contribution >= 4 is 12.6 Å². The van der Waals surface area contributed by atoms with Crippen LogP contribution in [-0.4, -0.2) is 53.7 Å². The molecule has 1 aliphatic heterocycles. The fraction of sp³-hybridized carbons (Fsp3) is 0.481. The zero-order valence-corrected chi connectivity index (χ0v) is 21.3. The predicted octanol–water partition coefficient (Wildman–Crippen LogP) is 6.10. The summed E-state index contributed by atoms with van der Waals surface area (Å²) in [5.74, 6) is -0.389. The number of aliphatic imine (C=N–C) groups is 1. The Bertz CT molecular complexity index is 820. The van der Waals surface area contributed by atoms with E-state index in [1.807, 2.05) is 52.8 Å². The summed E-state index contributed by atoms with van der Waals surface area (Å²) in [6.07, 6.45) is 14.6. The van der Waals surface area contributed by atoms with E-state index in [-0.39, 0.29) is 24.3 Å². The van der Waals surface area contributed by atoms with E-state index in [1.54, 1.807) is 23.1 Å². The largest absolute Gasteiger partial charge is 0.509 e. The topological polar surface area (TPSA) is 82.4 Å². The zero-order valence-electron chi connectivity index (χ0n) is 21.3. The van der Waals surface area contributed by atoms with Crippen molar-refractivity contribution in [2.45, 2.75) is 66.3 Å². The van der Waals surface area contributed by atoms with Gasteiger partial charge in [0.25, 0.3) is 5.91 Å². The number of ether oxygens (including phenoxy) is 1. The molecule has 0 saturated carbocycles. The van der Waals surface area contributed by atoms with Gasteiger partial charge in [-0.05, 0) is 56.7 Å². The molecule has 1 unspecified atom stereocenters. The summed E-state index contributed by atoms with van der Waals surface area (Å²) in [6, 6.07) is -0.639. The Morgan fingerprint density at radius 1 is 1.29 bits per heavy atom. The number of carbonyl (C=O) groups excluding carboxylic acids is 1. The first-order valence-corrected chi connectivity index (χ1v) is 11.9. The van der Waals surface area contributed by atoms with Crippen LogP contribution in [0, 0.1) is 0 Å². The quantitative estimate of drug-likeness (QED) is 0.311. The average molecular weight is 477 g/mol. The van der Waals surface area contributed by atoms with Crippen molar-refractivity contribution in [1.82, 2.24) is 4.90 Å². The van der Waals surface area contributed by atoms with Gasteiger partial charge in [0.15, 0.2) is 0 Å². The van der Waals surface area contributed by atoms with Crippen LogP contribution in [0.25, 0.3) is 0 Å². The van der Waals surface area contributed by atoms with Gasteiger partial charge in [-0.15, -0.1) is 0 Å². The maximum Gasteiger partial charge on any atom is 0.257 e. The lowest BCUT2D eigenvalue weighted by atomic mass is 10.1. The highest BCUT2D eigenvalue weighted by Gasteiger charge is 2.28. The molecule has 6 nitrogen and oxygen atoms in total. The molecule has 1 aliphatic carbocycles. The van der Waals surface area contributed by atoms with Crippen molar-refractivity contribution in [1.29, 1.82) is 0 Å². The molecule has 7 heteroatoms. The van der Waals surface area contributed by atoms with E-state index < -0.39 is 6.04 Å². The molecule has 0 saturated heterocycles. The number of amides is 1. The molecule has 0 aromatic carbocycles. The van der Waals surface area contributed by atoms with Gasteiger partial charge in [0.1, 0.15) is 24.4 Å². The van der Waals surface area contributed by atoms with Gasteiger partial charge in [-0.2, -0.15) is 0 Å². The van der Waals surface area contributed by atoms with Crippen LogP contribution in [0.1, 0.15) is 60.3 Å². The Labute approximate surface area is 204 Å². The van der Waals surface area contributed by atoms with Crippen LogP contribution in [0.5, 0.6) is 0 Å². The van der Waals surface area contributed by atoms with Crippen molar-refractivity contribution in [2.24, 2.45) is 4.99 Å². The summed E-state index contributed by atoms with van der Waals surface area (Å²) < 4.78 is 17.7. The second-order valence-electron chi connectivity index (χ2n) is 7.08. The number of halogens is 1. The molecule has 2 N–H and O–H groups in total. The number of hydrogen-bond donors (Lipinski definition) is 2. The van der Waals surface area contributed by atoms with E-state index in [4.69, 9.17) is 5.11 Å². The van der Waals surface area contributed by atoms with Gasteiger partial charge >= 0.3 is 0 Å². The summed E-state index contributed by atoms with van der Waals surface area (Å²) in [5.41, 5.74) is 2.04. The molecular weight excluding hydrogens is 435 g/mol. The minimum atomic E-state index is -0.639. The molecule has 0 bridgehead atoms. The molecule has 0 spiro atoms. The lowest BCUT2D eigenvalue weighted by molar-refractivity contribution is -0.125. The first-order valence-electron chi connectivity index (χ1n) is 11.9. The SMILES string of the molecule is C=NC1C=C(/C=C/CC2=CC=C(F)CC=C2)N(CCC)C(=O)C(CC)=C1O.CC.CCOCO. The lowest BCUT2D eigenvalue weighted by Crippen LogP contribution is -2.31. The molecule has 1 atom stereocenters. The molecule has 190 valence electrons. The smallest absolute Gasteiger partial charge is 0.257 e. The zero-order chi connectivity index (χ0) is 25.9. The standard InChI is InChI=1S/C22H27FN2O2.C3H8O2.C2H6/c1-4-14-25-18(11-7-9-16-8-6-10-17(23)13-12-16)15-20(24-3)21(26)19(5-2)22(25)27;1-2-5-3-4;1-2/h6-8,11-13,15,20,26H,3-5,9-10,14H2,1-2H3;4H,2-3H2,1H3;1-2H3/b11-7+;;. The fourth-order valence-electron chi connectivity index (χ4n) is 3.16. The Kier molecular flexibility index (Phi) is 17.1. The van der Waals surface area contributed by atoms with E-state index >= 15 is 0 Å². The number of nitrogens with zero attached hydrogens (tertiary/aromatic N) is 2. The number of aliphatic hydroxyl groups is 2. The molecule has 0 aromatic heterocycles. The van der Waals surface area contributed by atoms with Gasteiger partial charge in [0, 0.05) is 25.3 Å². The highest BCUT2D eigenvalue weighted by molar-refractivity contribution is 5.96. The Balaban J connectivity index is 0.00000138.